The number of likely N-dealkylation sites (N-methyl/N-ethyl adjacent to an activating group) is 2. The van der Waals surface area contributed by atoms with E-state index in [4.69, 9.17) is 19.4 Å². The molecule has 4 heterocycles. The van der Waals surface area contributed by atoms with Gasteiger partial charge in [0.05, 0.1) is 12.9 Å². The van der Waals surface area contributed by atoms with E-state index in [1.807, 2.05) is 40.8 Å². The Kier molecular flexibility index (Phi) is 7.50. The van der Waals surface area contributed by atoms with Gasteiger partial charge in [0.25, 0.3) is 5.91 Å². The topological polar surface area (TPSA) is 111 Å². The summed E-state index contributed by atoms with van der Waals surface area (Å²) in [6, 6.07) is 15.6. The van der Waals surface area contributed by atoms with E-state index in [1.165, 1.54) is 12.1 Å². The summed E-state index contributed by atoms with van der Waals surface area (Å²) in [6.45, 7) is 1.99. The highest BCUT2D eigenvalue weighted by atomic mass is 19.1. The van der Waals surface area contributed by atoms with Gasteiger partial charge in [0.1, 0.15) is 5.82 Å². The summed E-state index contributed by atoms with van der Waals surface area (Å²) < 4.78 is 26.7. The number of ether oxygens (including phenoxy) is 2. The molecule has 214 valence electrons. The van der Waals surface area contributed by atoms with Crippen molar-refractivity contribution in [2.45, 2.75) is 13.1 Å². The highest BCUT2D eigenvalue weighted by Gasteiger charge is 2.19. The summed E-state index contributed by atoms with van der Waals surface area (Å²) in [5.74, 6) is 2.04. The Hall–Kier alpha value is -5.26. The number of anilines is 2. The molecule has 1 aliphatic heterocycles. The minimum absolute atomic E-state index is 0.0959. The van der Waals surface area contributed by atoms with Gasteiger partial charge in [-0.15, -0.1) is 0 Å². The molecule has 6 rings (SSSR count). The molecule has 0 saturated heterocycles. The monoisotopic (exact) mass is 568 g/mol. The molecule has 1 N–H and O–H groups in total. The molecule has 1 amide bonds. The number of nitrogens with one attached hydrogen (secondary N) is 1. The summed E-state index contributed by atoms with van der Waals surface area (Å²) in [5, 5.41) is 3.40. The number of carbonyl (C=O) groups excluding carboxylic acids is 1. The van der Waals surface area contributed by atoms with Gasteiger partial charge < -0.3 is 29.2 Å². The second-order valence-electron chi connectivity index (χ2n) is 9.97. The molecular weight excluding hydrogens is 539 g/mol. The maximum atomic E-state index is 13.9. The molecule has 5 aromatic rings. The zero-order valence-corrected chi connectivity index (χ0v) is 23.2. The smallest absolute Gasteiger partial charge is 0.253 e. The van der Waals surface area contributed by atoms with Crippen LogP contribution in [0.3, 0.4) is 0 Å². The molecule has 11 nitrogen and oxygen atoms in total. The number of halogens is 1. The summed E-state index contributed by atoms with van der Waals surface area (Å²) in [6.07, 6.45) is 4.88. The van der Waals surface area contributed by atoms with E-state index in [9.17, 15) is 9.18 Å². The van der Waals surface area contributed by atoms with E-state index in [1.54, 1.807) is 48.9 Å². The molecule has 12 heteroatoms. The number of pyridine rings is 1. The first-order valence-electron chi connectivity index (χ1n) is 13.4. The summed E-state index contributed by atoms with van der Waals surface area (Å²) in [4.78, 5) is 34.6. The van der Waals surface area contributed by atoms with Crippen molar-refractivity contribution in [3.05, 3.63) is 95.8 Å². The molecule has 0 saturated carbocycles. The number of fused-ring (bicyclic) bond motifs is 2. The fourth-order valence-electron chi connectivity index (χ4n) is 4.63. The molecule has 0 radical (unpaired) electrons. The van der Waals surface area contributed by atoms with Crippen LogP contribution in [0, 0.1) is 5.82 Å². The first kappa shape index (κ1) is 26.9. The first-order chi connectivity index (χ1) is 20.4. The highest BCUT2D eigenvalue weighted by Crippen LogP contribution is 2.33. The van der Waals surface area contributed by atoms with Gasteiger partial charge in [-0.3, -0.25) is 9.78 Å². The molecular formula is C30H29FN8O3. The fraction of sp³-hybridized carbons (Fsp3) is 0.233. The predicted molar refractivity (Wildman–Crippen MR) is 155 cm³/mol. The van der Waals surface area contributed by atoms with Gasteiger partial charge in [-0.1, -0.05) is 18.2 Å². The van der Waals surface area contributed by atoms with E-state index in [2.05, 4.69) is 15.3 Å². The van der Waals surface area contributed by atoms with Crippen molar-refractivity contribution in [3.63, 3.8) is 0 Å². The molecule has 42 heavy (non-hydrogen) atoms. The van der Waals surface area contributed by atoms with Crippen molar-refractivity contribution < 1.29 is 18.7 Å². The van der Waals surface area contributed by atoms with Crippen LogP contribution in [0.5, 0.6) is 11.5 Å². The largest absolute Gasteiger partial charge is 0.454 e. The van der Waals surface area contributed by atoms with Crippen molar-refractivity contribution in [2.24, 2.45) is 0 Å². The molecule has 0 spiro atoms. The number of rotatable bonds is 10. The number of carbonyl (C=O) groups is 1. The molecule has 0 atom stereocenters. The summed E-state index contributed by atoms with van der Waals surface area (Å²) in [5.41, 5.74) is 3.54. The van der Waals surface area contributed by atoms with Crippen LogP contribution in [-0.4, -0.2) is 69.3 Å². The molecule has 2 aromatic carbocycles. The average Bonchev–Trinajstić information content (AvgIpc) is 3.65. The van der Waals surface area contributed by atoms with Crippen LogP contribution in [-0.2, 0) is 13.1 Å². The number of benzene rings is 2. The number of hydrogen-bond acceptors (Lipinski definition) is 9. The van der Waals surface area contributed by atoms with Gasteiger partial charge in [-0.2, -0.15) is 9.97 Å². The Bertz CT molecular complexity index is 1730. The lowest BCUT2D eigenvalue weighted by Crippen LogP contribution is -2.35. The lowest BCUT2D eigenvalue weighted by Gasteiger charge is -2.23. The van der Waals surface area contributed by atoms with Crippen LogP contribution in [0.25, 0.3) is 11.2 Å². The second kappa shape index (κ2) is 11.7. The van der Waals surface area contributed by atoms with Gasteiger partial charge in [-0.25, -0.2) is 9.37 Å². The number of nitrogens with zero attached hydrogens (tertiary/aromatic N) is 7. The Morgan fingerprint density at radius 2 is 1.83 bits per heavy atom. The van der Waals surface area contributed by atoms with E-state index in [-0.39, 0.29) is 18.5 Å². The first-order valence-corrected chi connectivity index (χ1v) is 13.4. The third kappa shape index (κ3) is 5.78. The van der Waals surface area contributed by atoms with Gasteiger partial charge >= 0.3 is 0 Å². The fourth-order valence-corrected chi connectivity index (χ4v) is 4.63. The van der Waals surface area contributed by atoms with Crippen molar-refractivity contribution >= 4 is 28.8 Å². The van der Waals surface area contributed by atoms with Crippen LogP contribution in [0.15, 0.2) is 73.3 Å². The molecule has 1 aliphatic rings. The number of amides is 1. The number of aromatic nitrogens is 5. The number of hydrogen-bond donors (Lipinski definition) is 1. The Balaban J connectivity index is 1.26. The molecule has 0 fully saturated rings. The maximum absolute atomic E-state index is 13.9. The third-order valence-electron chi connectivity index (χ3n) is 6.98. The molecule has 0 bridgehead atoms. The van der Waals surface area contributed by atoms with Gasteiger partial charge in [0, 0.05) is 51.7 Å². The average molecular weight is 569 g/mol. The van der Waals surface area contributed by atoms with Gasteiger partial charge in [0.15, 0.2) is 28.5 Å². The van der Waals surface area contributed by atoms with Gasteiger partial charge in [0.2, 0.25) is 12.7 Å². The van der Waals surface area contributed by atoms with Gasteiger partial charge in [-0.05, 0) is 47.5 Å². The maximum Gasteiger partial charge on any atom is 0.253 e. The lowest BCUT2D eigenvalue weighted by atomic mass is 10.2. The lowest BCUT2D eigenvalue weighted by molar-refractivity contribution is 0.0798. The molecule has 0 unspecified atom stereocenters. The van der Waals surface area contributed by atoms with Crippen LogP contribution in [0.2, 0.25) is 0 Å². The minimum atomic E-state index is -0.302. The van der Waals surface area contributed by atoms with E-state index >= 15 is 0 Å². The number of imidazole rings is 1. The van der Waals surface area contributed by atoms with E-state index in [0.29, 0.717) is 60.4 Å². The Labute approximate surface area is 241 Å². The van der Waals surface area contributed by atoms with E-state index in [0.717, 1.165) is 16.9 Å². The standard InChI is InChI=1S/C30H29FN8O3/c1-37(29(40)22-8-10-32-11-9-22)12-13-38(2)30-35-27(33-16-20-6-7-24-25(15-20)42-19-41-24)26-28(36-30)39(18-34-26)17-21-4-3-5-23(31)14-21/h3-11,14-15,18H,12-13,16-17,19H2,1-2H3,(H,33,35,36). The van der Waals surface area contributed by atoms with E-state index < -0.39 is 0 Å². The van der Waals surface area contributed by atoms with Crippen molar-refractivity contribution in [2.75, 3.05) is 44.2 Å². The SMILES string of the molecule is CN(CCN(C)c1nc(NCc2ccc3c(c2)OCO3)c2ncn(Cc3cccc(F)c3)c2n1)C(=O)c1ccncc1. The highest BCUT2D eigenvalue weighted by molar-refractivity contribution is 5.93. The van der Waals surface area contributed by atoms with Crippen LogP contribution < -0.4 is 19.7 Å². The second-order valence-corrected chi connectivity index (χ2v) is 9.97. The predicted octanol–water partition coefficient (Wildman–Crippen LogP) is 3.96. The molecule has 0 aliphatic carbocycles. The molecule has 3 aromatic heterocycles. The summed E-state index contributed by atoms with van der Waals surface area (Å²) >= 11 is 0. The third-order valence-corrected chi connectivity index (χ3v) is 6.98. The van der Waals surface area contributed by atoms with Crippen LogP contribution >= 0.6 is 0 Å². The summed E-state index contributed by atoms with van der Waals surface area (Å²) in [7, 11) is 3.63. The minimum Gasteiger partial charge on any atom is -0.454 e. The Morgan fingerprint density at radius 3 is 2.67 bits per heavy atom. The van der Waals surface area contributed by atoms with Crippen molar-refractivity contribution in [1.82, 2.24) is 29.4 Å². The van der Waals surface area contributed by atoms with Crippen molar-refractivity contribution in [3.8, 4) is 11.5 Å². The Morgan fingerprint density at radius 1 is 1.00 bits per heavy atom. The van der Waals surface area contributed by atoms with Crippen LogP contribution in [0.4, 0.5) is 16.2 Å². The normalized spacial score (nSPS) is 12.0. The van der Waals surface area contributed by atoms with Crippen molar-refractivity contribution in [1.29, 1.82) is 0 Å². The van der Waals surface area contributed by atoms with Crippen LogP contribution in [0.1, 0.15) is 21.5 Å². The zero-order chi connectivity index (χ0) is 29.1. The quantitative estimate of drug-likeness (QED) is 0.268. The zero-order valence-electron chi connectivity index (χ0n) is 23.2.